The van der Waals surface area contributed by atoms with Gasteiger partial charge in [-0.2, -0.15) is 0 Å². The van der Waals surface area contributed by atoms with Crippen LogP contribution in [-0.4, -0.2) is 4.57 Å². The van der Waals surface area contributed by atoms with E-state index < -0.39 is 0 Å². The maximum absolute atomic E-state index is 4.46. The molecule has 172 valence electrons. The second-order valence-corrected chi connectivity index (χ2v) is 11.8. The Bertz CT molecular complexity index is 1190. The van der Waals surface area contributed by atoms with E-state index in [0.717, 1.165) is 24.2 Å². The van der Waals surface area contributed by atoms with Crippen LogP contribution >= 0.6 is 0 Å². The number of rotatable bonds is 6. The molecule has 0 aliphatic rings. The summed E-state index contributed by atoms with van der Waals surface area (Å²) >= 11 is 0. The third-order valence-electron chi connectivity index (χ3n) is 6.22. The Morgan fingerprint density at radius 3 is 1.64 bits per heavy atom. The van der Waals surface area contributed by atoms with Gasteiger partial charge in [0.1, 0.15) is 0 Å². The molecule has 0 unspecified atom stereocenters. The first-order valence-corrected chi connectivity index (χ1v) is 12.1. The van der Waals surface area contributed by atoms with Gasteiger partial charge in [-0.15, -0.1) is 0 Å². The second kappa shape index (κ2) is 8.74. The molecule has 0 saturated heterocycles. The Hall–Kier alpha value is -3.00. The van der Waals surface area contributed by atoms with Gasteiger partial charge in [0.25, 0.3) is 0 Å². The molecule has 0 spiro atoms. The number of allylic oxidation sites excluding steroid dienone is 1. The van der Waals surface area contributed by atoms with Crippen LogP contribution in [0.2, 0.25) is 0 Å². The molecule has 1 N–H and O–H groups in total. The van der Waals surface area contributed by atoms with E-state index in [0.29, 0.717) is 5.92 Å². The molecule has 0 saturated carbocycles. The van der Waals surface area contributed by atoms with E-state index in [1.807, 2.05) is 0 Å². The molecule has 0 fully saturated rings. The zero-order valence-electron chi connectivity index (χ0n) is 21.1. The van der Waals surface area contributed by atoms with Gasteiger partial charge < -0.3 is 9.88 Å². The molecule has 2 nitrogen and oxygen atoms in total. The molecular formula is C31H38N2. The third-order valence-corrected chi connectivity index (χ3v) is 6.22. The van der Waals surface area contributed by atoms with Gasteiger partial charge in [-0.3, -0.25) is 0 Å². The van der Waals surface area contributed by atoms with Crippen LogP contribution in [0, 0.1) is 16.7 Å². The summed E-state index contributed by atoms with van der Waals surface area (Å²) in [6, 6.07) is 26.0. The molecule has 33 heavy (non-hydrogen) atoms. The van der Waals surface area contributed by atoms with Crippen molar-refractivity contribution in [3.8, 4) is 5.69 Å². The molecule has 0 bridgehead atoms. The van der Waals surface area contributed by atoms with Gasteiger partial charge >= 0.3 is 0 Å². The van der Waals surface area contributed by atoms with Crippen LogP contribution in [0.4, 0.5) is 5.69 Å². The van der Waals surface area contributed by atoms with Crippen molar-refractivity contribution < 1.29 is 0 Å². The molecule has 4 aromatic rings. The summed E-state index contributed by atoms with van der Waals surface area (Å²) in [6.45, 7) is 18.4. The number of hydrogen-bond donors (Lipinski definition) is 1. The van der Waals surface area contributed by atoms with E-state index in [1.54, 1.807) is 0 Å². The number of aromatic nitrogens is 1. The zero-order chi connectivity index (χ0) is 23.8. The van der Waals surface area contributed by atoms with Crippen molar-refractivity contribution in [2.45, 2.75) is 54.4 Å². The predicted octanol–water partition coefficient (Wildman–Crippen LogP) is 9.20. The van der Waals surface area contributed by atoms with E-state index in [9.17, 15) is 0 Å². The lowest BCUT2D eigenvalue weighted by Gasteiger charge is -2.32. The Balaban J connectivity index is 1.62. The topological polar surface area (TPSA) is 17.0 Å². The number of benzene rings is 3. The number of anilines is 1. The van der Waals surface area contributed by atoms with Crippen molar-refractivity contribution in [2.75, 3.05) is 5.32 Å². The fourth-order valence-corrected chi connectivity index (χ4v) is 4.98. The smallest absolute Gasteiger partial charge is 0.0541 e. The first kappa shape index (κ1) is 23.2. The molecule has 0 aliphatic heterocycles. The summed E-state index contributed by atoms with van der Waals surface area (Å²) in [6.07, 6.45) is 2.24. The van der Waals surface area contributed by atoms with Crippen molar-refractivity contribution in [1.82, 2.24) is 4.57 Å². The third kappa shape index (κ3) is 5.33. The van der Waals surface area contributed by atoms with Crippen LogP contribution in [-0.2, 0) is 0 Å². The van der Waals surface area contributed by atoms with Crippen molar-refractivity contribution in [3.05, 3.63) is 85.1 Å². The number of nitrogens with one attached hydrogen (secondary N) is 1. The normalized spacial score (nSPS) is 12.6. The SMILES string of the molecule is C=C(Nc1ccc(-n2c3ccccc3c3ccccc32)cc1)C(CC(C)(C)C)CC(C)(C)C. The fourth-order valence-electron chi connectivity index (χ4n) is 4.98. The van der Waals surface area contributed by atoms with Crippen molar-refractivity contribution >= 4 is 27.5 Å². The van der Waals surface area contributed by atoms with Crippen molar-refractivity contribution in [1.29, 1.82) is 0 Å². The molecule has 1 heterocycles. The number of nitrogens with zero attached hydrogens (tertiary/aromatic N) is 1. The molecule has 0 radical (unpaired) electrons. The minimum atomic E-state index is 0.265. The maximum atomic E-state index is 4.46. The highest BCUT2D eigenvalue weighted by Crippen LogP contribution is 2.37. The summed E-state index contributed by atoms with van der Waals surface area (Å²) in [7, 11) is 0. The highest BCUT2D eigenvalue weighted by atomic mass is 15.0. The molecule has 3 aromatic carbocycles. The molecule has 4 rings (SSSR count). The van der Waals surface area contributed by atoms with Crippen LogP contribution in [0.3, 0.4) is 0 Å². The van der Waals surface area contributed by atoms with E-state index in [1.165, 1.54) is 27.5 Å². The summed E-state index contributed by atoms with van der Waals surface area (Å²) in [5, 5.41) is 6.21. The minimum absolute atomic E-state index is 0.265. The van der Waals surface area contributed by atoms with Crippen LogP contribution in [0.5, 0.6) is 0 Å². The molecule has 1 aromatic heterocycles. The van der Waals surface area contributed by atoms with E-state index >= 15 is 0 Å². The lowest BCUT2D eigenvalue weighted by Crippen LogP contribution is -2.23. The zero-order valence-corrected chi connectivity index (χ0v) is 21.1. The summed E-state index contributed by atoms with van der Waals surface area (Å²) < 4.78 is 2.35. The van der Waals surface area contributed by atoms with Gasteiger partial charge in [-0.1, -0.05) is 84.5 Å². The van der Waals surface area contributed by atoms with Crippen LogP contribution in [0.15, 0.2) is 85.1 Å². The van der Waals surface area contributed by atoms with E-state index in [-0.39, 0.29) is 10.8 Å². The van der Waals surface area contributed by atoms with Gasteiger partial charge in [0.05, 0.1) is 11.0 Å². The van der Waals surface area contributed by atoms with Crippen LogP contribution in [0.1, 0.15) is 54.4 Å². The van der Waals surface area contributed by atoms with Crippen LogP contribution < -0.4 is 5.32 Å². The van der Waals surface area contributed by atoms with Crippen molar-refractivity contribution in [2.24, 2.45) is 16.7 Å². The fraction of sp³-hybridized carbons (Fsp3) is 0.355. The average molecular weight is 439 g/mol. The van der Waals surface area contributed by atoms with Gasteiger partial charge in [0.2, 0.25) is 0 Å². The molecule has 0 aliphatic carbocycles. The average Bonchev–Trinajstić information content (AvgIpc) is 3.06. The summed E-state index contributed by atoms with van der Waals surface area (Å²) in [5.41, 5.74) is 6.38. The lowest BCUT2D eigenvalue weighted by molar-refractivity contribution is 0.245. The maximum Gasteiger partial charge on any atom is 0.0541 e. The molecule has 0 atom stereocenters. The van der Waals surface area contributed by atoms with E-state index in [4.69, 9.17) is 0 Å². The quantitative estimate of drug-likeness (QED) is 0.317. The Morgan fingerprint density at radius 1 is 0.727 bits per heavy atom. The highest BCUT2D eigenvalue weighted by Gasteiger charge is 2.26. The van der Waals surface area contributed by atoms with Crippen LogP contribution in [0.25, 0.3) is 27.5 Å². The number of hydrogen-bond acceptors (Lipinski definition) is 1. The van der Waals surface area contributed by atoms with Gasteiger partial charge in [0.15, 0.2) is 0 Å². The molecular weight excluding hydrogens is 400 g/mol. The highest BCUT2D eigenvalue weighted by molar-refractivity contribution is 6.09. The van der Waals surface area contributed by atoms with Gasteiger partial charge in [-0.05, 0) is 66.0 Å². The van der Waals surface area contributed by atoms with Gasteiger partial charge in [-0.25, -0.2) is 0 Å². The predicted molar refractivity (Wildman–Crippen MR) is 145 cm³/mol. The first-order chi connectivity index (χ1) is 15.5. The Kier molecular flexibility index (Phi) is 6.14. The Labute approximate surface area is 199 Å². The Morgan fingerprint density at radius 2 is 1.18 bits per heavy atom. The number of fused-ring (bicyclic) bond motifs is 3. The molecule has 0 amide bonds. The van der Waals surface area contributed by atoms with Gasteiger partial charge in [0, 0.05) is 27.8 Å². The standard InChI is InChI=1S/C31H38N2/c1-22(23(20-30(2,3)4)21-31(5,6)7)32-24-16-18-25(19-17-24)33-28-14-10-8-12-26(28)27-13-9-11-15-29(27)33/h8-19,23,32H,1,20-21H2,2-7H3. The van der Waals surface area contributed by atoms with E-state index in [2.05, 4.69) is 131 Å². The lowest BCUT2D eigenvalue weighted by atomic mass is 9.75. The largest absolute Gasteiger partial charge is 0.359 e. The second-order valence-electron chi connectivity index (χ2n) is 11.8. The first-order valence-electron chi connectivity index (χ1n) is 12.1. The minimum Gasteiger partial charge on any atom is -0.359 e. The summed E-state index contributed by atoms with van der Waals surface area (Å²) in [4.78, 5) is 0. The molecule has 2 heteroatoms. The summed E-state index contributed by atoms with van der Waals surface area (Å²) in [5.74, 6) is 0.432. The monoisotopic (exact) mass is 438 g/mol. The number of para-hydroxylation sites is 2. The van der Waals surface area contributed by atoms with Crippen molar-refractivity contribution in [3.63, 3.8) is 0 Å².